The molecule has 0 aromatic heterocycles. The smallest absolute Gasteiger partial charge is 0.321 e. The zero-order chi connectivity index (χ0) is 7.44. The van der Waals surface area contributed by atoms with Crippen molar-refractivity contribution in [1.29, 1.82) is 0 Å². The highest BCUT2D eigenvalue weighted by atomic mass is 35.5. The highest BCUT2D eigenvalue weighted by molar-refractivity contribution is 5.85. The van der Waals surface area contributed by atoms with Gasteiger partial charge in [-0.25, -0.2) is 0 Å². The van der Waals surface area contributed by atoms with Crippen LogP contribution in [0.25, 0.3) is 0 Å². The van der Waals surface area contributed by atoms with Crippen molar-refractivity contribution in [3.05, 3.63) is 0 Å². The summed E-state index contributed by atoms with van der Waals surface area (Å²) in [5.41, 5.74) is 4.84. The predicted molar refractivity (Wildman–Crippen MR) is 43.7 cm³/mol. The third-order valence-electron chi connectivity index (χ3n) is 0.712. The molecule has 0 spiro atoms. The van der Waals surface area contributed by atoms with Gasteiger partial charge in [0.15, 0.2) is 0 Å². The zero-order valence-electron chi connectivity index (χ0n) is 4.98. The predicted octanol–water partition coefficient (Wildman–Crippen LogP) is -1.62. The van der Waals surface area contributed by atoms with Gasteiger partial charge < -0.3 is 15.9 Å². The van der Waals surface area contributed by atoms with Gasteiger partial charge in [0, 0.05) is 0 Å². The van der Waals surface area contributed by atoms with E-state index in [1.807, 2.05) is 0 Å². The first-order chi connectivity index (χ1) is 4.04. The molecule has 0 bridgehead atoms. The Hall–Kier alpha value is -0.0438. The van der Waals surface area contributed by atoms with Gasteiger partial charge >= 0.3 is 35.0 Å². The molecule has 0 aliphatic heterocycles. The number of carboxylic acids is 2. The lowest BCUT2D eigenvalue weighted by molar-refractivity contribution is -0.144. The van der Waals surface area contributed by atoms with Crippen LogP contribution in [0.2, 0.25) is 0 Å². The molecule has 64 valence electrons. The second kappa shape index (κ2) is 8.06. The summed E-state index contributed by atoms with van der Waals surface area (Å²) in [5.74, 6) is -2.50. The maximum atomic E-state index is 9.85. The Bertz CT molecular complexity index is 142. The van der Waals surface area contributed by atoms with Gasteiger partial charge in [0.2, 0.25) is 0 Å². The monoisotopic (exact) mass is 195 g/mol. The van der Waals surface area contributed by atoms with Crippen molar-refractivity contribution in [2.24, 2.45) is 5.73 Å². The number of carbonyl (C=O) groups is 2. The van der Waals surface area contributed by atoms with Gasteiger partial charge in [-0.3, -0.25) is 9.59 Å². The Labute approximate surface area is 85.5 Å². The summed E-state index contributed by atoms with van der Waals surface area (Å²) in [4.78, 5) is 19.6. The van der Waals surface area contributed by atoms with Crippen molar-refractivity contribution in [2.45, 2.75) is 12.5 Å². The largest absolute Gasteiger partial charge is 0.481 e. The van der Waals surface area contributed by atoms with Crippen LogP contribution in [-0.2, 0) is 9.59 Å². The fourth-order valence-corrected chi connectivity index (χ4v) is 0.275. The Morgan fingerprint density at radius 3 is 1.82 bits per heavy atom. The fourth-order valence-electron chi connectivity index (χ4n) is 0.275. The van der Waals surface area contributed by atoms with Crippen molar-refractivity contribution in [3.63, 3.8) is 0 Å². The van der Waals surface area contributed by atoms with Crippen LogP contribution in [0.15, 0.2) is 0 Å². The molecule has 0 aromatic rings. The molecule has 0 aliphatic carbocycles. The number of nitrogens with two attached hydrogens (primary N) is 1. The molecule has 0 amide bonds. The SMILES string of the molecule is Cl.NC(CC(=O)O)C(=O)O.[MgH2]. The van der Waals surface area contributed by atoms with Crippen molar-refractivity contribution in [3.8, 4) is 0 Å². The van der Waals surface area contributed by atoms with Crippen LogP contribution in [-0.4, -0.2) is 51.2 Å². The van der Waals surface area contributed by atoms with Crippen LogP contribution in [0.1, 0.15) is 6.42 Å². The van der Waals surface area contributed by atoms with E-state index in [0.717, 1.165) is 0 Å². The number of halogens is 1. The summed E-state index contributed by atoms with van der Waals surface area (Å²) in [5, 5.41) is 16.0. The lowest BCUT2D eigenvalue weighted by Crippen LogP contribution is -2.32. The van der Waals surface area contributed by atoms with Crippen LogP contribution in [0.3, 0.4) is 0 Å². The fraction of sp³-hybridized carbons (Fsp3) is 0.500. The van der Waals surface area contributed by atoms with Gasteiger partial charge in [0.05, 0.1) is 6.42 Å². The average molecular weight is 196 g/mol. The Balaban J connectivity index is -0.000000320. The maximum Gasteiger partial charge on any atom is 0.321 e. The Kier molecular flexibility index (Phi) is 12.6. The van der Waals surface area contributed by atoms with Gasteiger partial charge in [-0.05, 0) is 0 Å². The van der Waals surface area contributed by atoms with E-state index in [9.17, 15) is 9.59 Å². The zero-order valence-corrected chi connectivity index (χ0v) is 5.80. The quantitative estimate of drug-likeness (QED) is 0.470. The highest BCUT2D eigenvalue weighted by Crippen LogP contribution is 1.86. The minimum absolute atomic E-state index is 0. The van der Waals surface area contributed by atoms with E-state index in [1.54, 1.807) is 0 Å². The van der Waals surface area contributed by atoms with Crippen molar-refractivity contribution < 1.29 is 19.8 Å². The summed E-state index contributed by atoms with van der Waals surface area (Å²) < 4.78 is 0. The average Bonchev–Trinajstić information content (AvgIpc) is 1.63. The van der Waals surface area contributed by atoms with E-state index >= 15 is 0 Å². The molecule has 0 saturated heterocycles. The molecule has 0 saturated carbocycles. The molecular weight excluding hydrogens is 186 g/mol. The van der Waals surface area contributed by atoms with Crippen molar-refractivity contribution in [1.82, 2.24) is 0 Å². The van der Waals surface area contributed by atoms with Crippen LogP contribution in [0, 0.1) is 0 Å². The second-order valence-corrected chi connectivity index (χ2v) is 1.54. The van der Waals surface area contributed by atoms with E-state index in [0.29, 0.717) is 0 Å². The third kappa shape index (κ3) is 9.96. The molecular formula is C4H10ClMgNO4. The highest BCUT2D eigenvalue weighted by Gasteiger charge is 2.14. The number of hydrogen-bond acceptors (Lipinski definition) is 3. The number of hydrogen-bond donors (Lipinski definition) is 3. The molecule has 4 N–H and O–H groups in total. The first-order valence-electron chi connectivity index (χ1n) is 2.24. The van der Waals surface area contributed by atoms with E-state index in [2.05, 4.69) is 0 Å². The summed E-state index contributed by atoms with van der Waals surface area (Å²) in [6.07, 6.45) is -0.532. The van der Waals surface area contributed by atoms with Gasteiger partial charge in [0.25, 0.3) is 0 Å². The molecule has 0 radical (unpaired) electrons. The molecule has 0 aromatic carbocycles. The van der Waals surface area contributed by atoms with E-state index in [1.165, 1.54) is 0 Å². The number of rotatable bonds is 3. The van der Waals surface area contributed by atoms with Crippen LogP contribution >= 0.6 is 12.4 Å². The lowest BCUT2D eigenvalue weighted by atomic mass is 10.2. The first kappa shape index (κ1) is 17.2. The number of carboxylic acid groups (broad SMARTS) is 2. The van der Waals surface area contributed by atoms with Crippen molar-refractivity contribution >= 4 is 47.4 Å². The van der Waals surface area contributed by atoms with Crippen molar-refractivity contribution in [2.75, 3.05) is 0 Å². The molecule has 5 nitrogen and oxygen atoms in total. The van der Waals surface area contributed by atoms with Crippen LogP contribution < -0.4 is 5.73 Å². The van der Waals surface area contributed by atoms with Crippen LogP contribution in [0.4, 0.5) is 0 Å². The Morgan fingerprint density at radius 1 is 1.36 bits per heavy atom. The first-order valence-corrected chi connectivity index (χ1v) is 2.24. The minimum Gasteiger partial charge on any atom is -0.481 e. The second-order valence-electron chi connectivity index (χ2n) is 1.54. The Morgan fingerprint density at radius 2 is 1.73 bits per heavy atom. The van der Waals surface area contributed by atoms with Crippen LogP contribution in [0.5, 0.6) is 0 Å². The minimum atomic E-state index is -1.29. The third-order valence-corrected chi connectivity index (χ3v) is 0.712. The number of aliphatic carboxylic acids is 2. The van der Waals surface area contributed by atoms with Gasteiger partial charge in [-0.15, -0.1) is 12.4 Å². The molecule has 1 atom stereocenters. The molecule has 0 fully saturated rings. The molecule has 0 heterocycles. The standard InChI is InChI=1S/C4H7NO4.ClH.Mg.2H/c5-2(4(8)9)1-3(6)7;;;;/h2H,1,5H2,(H,6,7)(H,8,9);1H;;;. The van der Waals surface area contributed by atoms with E-state index < -0.39 is 24.4 Å². The molecule has 7 heteroatoms. The van der Waals surface area contributed by atoms with Gasteiger partial charge in [0.1, 0.15) is 6.04 Å². The molecule has 0 rings (SSSR count). The van der Waals surface area contributed by atoms with Gasteiger partial charge in [-0.2, -0.15) is 0 Å². The van der Waals surface area contributed by atoms with Gasteiger partial charge in [-0.1, -0.05) is 0 Å². The maximum absolute atomic E-state index is 9.85. The molecule has 0 aliphatic rings. The topological polar surface area (TPSA) is 101 Å². The lowest BCUT2D eigenvalue weighted by Gasteiger charge is -1.99. The molecule has 1 unspecified atom stereocenters. The summed E-state index contributed by atoms with van der Waals surface area (Å²) in [6, 6.07) is -1.29. The summed E-state index contributed by atoms with van der Waals surface area (Å²) >= 11 is 0. The summed E-state index contributed by atoms with van der Waals surface area (Å²) in [7, 11) is 0. The van der Waals surface area contributed by atoms with E-state index in [-0.39, 0.29) is 35.5 Å². The summed E-state index contributed by atoms with van der Waals surface area (Å²) in [6.45, 7) is 0. The normalized spacial score (nSPS) is 10.3. The molecule has 11 heavy (non-hydrogen) atoms. The van der Waals surface area contributed by atoms with E-state index in [4.69, 9.17) is 15.9 Å².